The van der Waals surface area contributed by atoms with Gasteiger partial charge in [-0.25, -0.2) is 13.1 Å². The van der Waals surface area contributed by atoms with E-state index >= 15 is 0 Å². The van der Waals surface area contributed by atoms with E-state index in [1.165, 1.54) is 19.2 Å². The zero-order valence-corrected chi connectivity index (χ0v) is 11.4. The lowest BCUT2D eigenvalue weighted by molar-refractivity contribution is -0.111. The smallest absolute Gasteiger partial charge is 0.240 e. The third-order valence-corrected chi connectivity index (χ3v) is 3.88. The lowest BCUT2D eigenvalue weighted by atomic mass is 10.3. The fraction of sp³-hybridized carbons (Fsp3) is 0.364. The van der Waals surface area contributed by atoms with E-state index in [0.29, 0.717) is 12.2 Å². The molecule has 1 rings (SSSR count). The first-order chi connectivity index (χ1) is 8.45. The van der Waals surface area contributed by atoms with Gasteiger partial charge in [0.2, 0.25) is 15.3 Å². The second kappa shape index (κ2) is 6.72. The molecule has 0 atom stereocenters. The van der Waals surface area contributed by atoms with E-state index in [-0.39, 0.29) is 17.9 Å². The van der Waals surface area contributed by atoms with E-state index in [1.807, 2.05) is 0 Å². The molecule has 0 amide bonds. The highest BCUT2D eigenvalue weighted by atomic mass is 35.5. The lowest BCUT2D eigenvalue weighted by Gasteiger charge is -2.06. The van der Waals surface area contributed by atoms with Crippen molar-refractivity contribution in [3.8, 4) is 5.75 Å². The minimum atomic E-state index is -3.54. The van der Waals surface area contributed by atoms with Crippen LogP contribution in [0.3, 0.4) is 0 Å². The van der Waals surface area contributed by atoms with Gasteiger partial charge in [-0.05, 0) is 42.3 Å². The zero-order valence-electron chi connectivity index (χ0n) is 9.85. The van der Waals surface area contributed by atoms with Crippen LogP contribution < -0.4 is 9.46 Å². The maximum absolute atomic E-state index is 11.8. The molecule has 0 unspecified atom stereocenters. The number of nitrogens with one attached hydrogen (secondary N) is 1. The van der Waals surface area contributed by atoms with Gasteiger partial charge in [-0.2, -0.15) is 0 Å². The van der Waals surface area contributed by atoms with Gasteiger partial charge in [0.05, 0.1) is 12.0 Å². The quantitative estimate of drug-likeness (QED) is 0.611. The molecule has 0 saturated carbocycles. The Morgan fingerprint density at radius 3 is 2.44 bits per heavy atom. The van der Waals surface area contributed by atoms with E-state index in [9.17, 15) is 13.2 Å². The van der Waals surface area contributed by atoms with Crippen LogP contribution in [0.4, 0.5) is 0 Å². The van der Waals surface area contributed by atoms with E-state index in [0.717, 1.165) is 0 Å². The molecule has 7 heteroatoms. The van der Waals surface area contributed by atoms with Crippen LogP contribution in [0.2, 0.25) is 0 Å². The predicted octanol–water partition coefficient (Wildman–Crippen LogP) is 1.52. The summed E-state index contributed by atoms with van der Waals surface area (Å²) in [5, 5.41) is -0.473. The van der Waals surface area contributed by atoms with Gasteiger partial charge in [-0.15, -0.1) is 0 Å². The molecule has 18 heavy (non-hydrogen) atoms. The molecule has 1 aromatic rings. The standard InChI is InChI=1S/C11H14ClNO4S/c1-17-9-4-6-10(7-5-9)18(15,16)13-8-2-3-11(12)14/h4-7,13H,2-3,8H2,1H3. The highest BCUT2D eigenvalue weighted by molar-refractivity contribution is 7.89. The molecule has 0 radical (unpaired) electrons. The van der Waals surface area contributed by atoms with Crippen molar-refractivity contribution in [1.82, 2.24) is 4.72 Å². The van der Waals surface area contributed by atoms with Crippen LogP contribution in [0.15, 0.2) is 29.2 Å². The first-order valence-corrected chi connectivity index (χ1v) is 7.14. The largest absolute Gasteiger partial charge is 0.497 e. The van der Waals surface area contributed by atoms with Crippen molar-refractivity contribution in [2.24, 2.45) is 0 Å². The number of benzene rings is 1. The zero-order chi connectivity index (χ0) is 13.6. The first-order valence-electron chi connectivity index (χ1n) is 5.28. The molecule has 5 nitrogen and oxygen atoms in total. The van der Waals surface area contributed by atoms with Crippen LogP contribution in [-0.2, 0) is 14.8 Å². The molecule has 0 aliphatic heterocycles. The first kappa shape index (κ1) is 14.9. The van der Waals surface area contributed by atoms with Gasteiger partial charge in [0.15, 0.2) is 0 Å². The highest BCUT2D eigenvalue weighted by Gasteiger charge is 2.13. The van der Waals surface area contributed by atoms with Crippen LogP contribution in [0.5, 0.6) is 5.75 Å². The fourth-order valence-corrected chi connectivity index (χ4v) is 2.48. The number of rotatable bonds is 7. The number of methoxy groups -OCH3 is 1. The normalized spacial score (nSPS) is 11.2. The second-order valence-corrected chi connectivity index (χ2v) is 5.72. The molecule has 0 aliphatic rings. The van der Waals surface area contributed by atoms with Crippen LogP contribution >= 0.6 is 11.6 Å². The molecule has 0 bridgehead atoms. The maximum Gasteiger partial charge on any atom is 0.240 e. The van der Waals surface area contributed by atoms with Crippen molar-refractivity contribution in [3.05, 3.63) is 24.3 Å². The van der Waals surface area contributed by atoms with Crippen molar-refractivity contribution in [2.75, 3.05) is 13.7 Å². The van der Waals surface area contributed by atoms with E-state index in [4.69, 9.17) is 16.3 Å². The highest BCUT2D eigenvalue weighted by Crippen LogP contribution is 2.15. The lowest BCUT2D eigenvalue weighted by Crippen LogP contribution is -2.25. The molecule has 0 aliphatic carbocycles. The SMILES string of the molecule is COc1ccc(S(=O)(=O)NCCCC(=O)Cl)cc1. The van der Waals surface area contributed by atoms with Gasteiger partial charge < -0.3 is 4.74 Å². The summed E-state index contributed by atoms with van der Waals surface area (Å²) >= 11 is 5.15. The van der Waals surface area contributed by atoms with E-state index in [2.05, 4.69) is 4.72 Å². The summed E-state index contributed by atoms with van der Waals surface area (Å²) in [6.07, 6.45) is 0.518. The Morgan fingerprint density at radius 2 is 1.94 bits per heavy atom. The van der Waals surface area contributed by atoms with Crippen LogP contribution in [0.1, 0.15) is 12.8 Å². The summed E-state index contributed by atoms with van der Waals surface area (Å²) < 4.78 is 30.9. The molecule has 0 aromatic heterocycles. The van der Waals surface area contributed by atoms with Gasteiger partial charge in [0.25, 0.3) is 0 Å². The van der Waals surface area contributed by atoms with Gasteiger partial charge in [-0.1, -0.05) is 0 Å². The number of carbonyl (C=O) groups is 1. The Bertz CT molecular complexity index is 498. The van der Waals surface area contributed by atoms with Gasteiger partial charge in [0, 0.05) is 13.0 Å². The second-order valence-electron chi connectivity index (χ2n) is 3.53. The average molecular weight is 292 g/mol. The van der Waals surface area contributed by atoms with Crippen molar-refractivity contribution in [3.63, 3.8) is 0 Å². The molecule has 0 heterocycles. The Labute approximate surface area is 111 Å². The van der Waals surface area contributed by atoms with E-state index < -0.39 is 15.3 Å². The summed E-state index contributed by atoms with van der Waals surface area (Å²) in [4.78, 5) is 10.6. The number of ether oxygens (including phenoxy) is 1. The van der Waals surface area contributed by atoms with Crippen molar-refractivity contribution in [2.45, 2.75) is 17.7 Å². The molecule has 1 N–H and O–H groups in total. The topological polar surface area (TPSA) is 72.5 Å². The molecule has 0 saturated heterocycles. The maximum atomic E-state index is 11.8. The number of halogens is 1. The molecule has 1 aromatic carbocycles. The number of carbonyl (C=O) groups excluding carboxylic acids is 1. The van der Waals surface area contributed by atoms with Crippen molar-refractivity contribution < 1.29 is 17.9 Å². The van der Waals surface area contributed by atoms with Gasteiger partial charge in [0.1, 0.15) is 5.75 Å². The molecule has 0 fully saturated rings. The van der Waals surface area contributed by atoms with Crippen LogP contribution in [0, 0.1) is 0 Å². The molecular formula is C11H14ClNO4S. The van der Waals surface area contributed by atoms with Gasteiger partial charge in [-0.3, -0.25) is 4.79 Å². The Kier molecular flexibility index (Phi) is 5.58. The molecular weight excluding hydrogens is 278 g/mol. The third kappa shape index (κ3) is 4.64. The van der Waals surface area contributed by atoms with Crippen molar-refractivity contribution >= 4 is 26.9 Å². The fourth-order valence-electron chi connectivity index (χ4n) is 1.27. The number of sulfonamides is 1. The summed E-state index contributed by atoms with van der Waals surface area (Å²) in [6, 6.07) is 6.04. The number of hydrogen-bond acceptors (Lipinski definition) is 4. The van der Waals surface area contributed by atoms with Crippen LogP contribution in [0.25, 0.3) is 0 Å². The van der Waals surface area contributed by atoms with Gasteiger partial charge >= 0.3 is 0 Å². The Morgan fingerprint density at radius 1 is 1.33 bits per heavy atom. The van der Waals surface area contributed by atoms with Crippen molar-refractivity contribution in [1.29, 1.82) is 0 Å². The number of hydrogen-bond donors (Lipinski definition) is 1. The third-order valence-electron chi connectivity index (χ3n) is 2.21. The average Bonchev–Trinajstić information content (AvgIpc) is 2.34. The summed E-state index contributed by atoms with van der Waals surface area (Å²) in [6.45, 7) is 0.173. The predicted molar refractivity (Wildman–Crippen MR) is 68.3 cm³/mol. The Balaban J connectivity index is 2.59. The summed E-state index contributed by atoms with van der Waals surface area (Å²) in [5.74, 6) is 0.585. The molecule has 100 valence electrons. The minimum absolute atomic E-state index is 0.146. The Hall–Kier alpha value is -1.11. The van der Waals surface area contributed by atoms with Crippen LogP contribution in [-0.4, -0.2) is 27.3 Å². The minimum Gasteiger partial charge on any atom is -0.497 e. The summed E-state index contributed by atoms with van der Waals surface area (Å²) in [5.41, 5.74) is 0. The van der Waals surface area contributed by atoms with E-state index in [1.54, 1.807) is 12.1 Å². The monoisotopic (exact) mass is 291 g/mol. The molecule has 0 spiro atoms. The summed E-state index contributed by atoms with van der Waals surface area (Å²) in [7, 11) is -2.04.